The molecule has 0 aromatic heterocycles. The summed E-state index contributed by atoms with van der Waals surface area (Å²) in [6, 6.07) is 10.7. The Hall–Kier alpha value is -1.91. The number of hydrogen-bond acceptors (Lipinski definition) is 3. The summed E-state index contributed by atoms with van der Waals surface area (Å²) in [7, 11) is 0. The summed E-state index contributed by atoms with van der Waals surface area (Å²) in [4.78, 5) is 17.9. The summed E-state index contributed by atoms with van der Waals surface area (Å²) in [5, 5.41) is 13.0. The van der Waals surface area contributed by atoms with Crippen LogP contribution in [0, 0.1) is 5.92 Å². The van der Waals surface area contributed by atoms with Crippen molar-refractivity contribution in [1.29, 1.82) is 0 Å². The van der Waals surface area contributed by atoms with Crippen LogP contribution in [-0.4, -0.2) is 46.0 Å². The summed E-state index contributed by atoms with van der Waals surface area (Å²) in [6.07, 6.45) is 6.02. The van der Waals surface area contributed by atoms with Crippen molar-refractivity contribution in [3.05, 3.63) is 47.0 Å². The fourth-order valence-electron chi connectivity index (χ4n) is 5.58. The second kappa shape index (κ2) is 7.73. The van der Waals surface area contributed by atoms with Gasteiger partial charge in [0.2, 0.25) is 0 Å². The fraction of sp³-hybridized carbons (Fsp3) is 0.560. The van der Waals surface area contributed by atoms with Gasteiger partial charge in [0.25, 0.3) is 5.91 Å². The van der Waals surface area contributed by atoms with E-state index in [1.165, 1.54) is 29.2 Å². The fourth-order valence-corrected chi connectivity index (χ4v) is 5.58. The molecule has 0 spiro atoms. The van der Waals surface area contributed by atoms with Crippen LogP contribution >= 0.6 is 0 Å². The molecule has 0 bridgehead atoms. The number of rotatable bonds is 3. The summed E-state index contributed by atoms with van der Waals surface area (Å²) in [5.74, 6) is 0.935. The molecule has 3 aliphatic rings. The van der Waals surface area contributed by atoms with Crippen molar-refractivity contribution in [3.63, 3.8) is 0 Å². The minimum Gasteiger partial charge on any atom is -0.391 e. The molecule has 29 heavy (non-hydrogen) atoms. The maximum atomic E-state index is 13.4. The van der Waals surface area contributed by atoms with Gasteiger partial charge in [-0.1, -0.05) is 44.0 Å². The lowest BCUT2D eigenvalue weighted by atomic mass is 9.91. The third-order valence-corrected chi connectivity index (χ3v) is 7.43. The lowest BCUT2D eigenvalue weighted by Gasteiger charge is -2.35. The van der Waals surface area contributed by atoms with Gasteiger partial charge in [-0.2, -0.15) is 0 Å². The molecule has 4 heteroatoms. The highest BCUT2D eigenvalue weighted by atomic mass is 16.3. The first-order valence-electron chi connectivity index (χ1n) is 11.4. The molecule has 2 aliphatic heterocycles. The van der Waals surface area contributed by atoms with Crippen LogP contribution in [0.1, 0.15) is 66.9 Å². The molecule has 1 amide bonds. The van der Waals surface area contributed by atoms with Crippen LogP contribution in [0.15, 0.2) is 30.3 Å². The van der Waals surface area contributed by atoms with E-state index in [0.29, 0.717) is 6.54 Å². The zero-order chi connectivity index (χ0) is 20.0. The second-order valence-corrected chi connectivity index (χ2v) is 9.42. The molecule has 2 aromatic carbocycles. The Morgan fingerprint density at radius 3 is 2.52 bits per heavy atom. The molecule has 2 atom stereocenters. The third-order valence-electron chi connectivity index (χ3n) is 7.43. The SMILES string of the molecule is CC1CCN(Cc2cc3c(c4ccccc24)CN([C@H]2CCCC[C@@H]2O)C3=O)CC1. The van der Waals surface area contributed by atoms with E-state index in [-0.39, 0.29) is 18.1 Å². The minimum atomic E-state index is -0.386. The molecule has 2 aromatic rings. The number of fused-ring (bicyclic) bond motifs is 3. The lowest BCUT2D eigenvalue weighted by molar-refractivity contribution is 0.0192. The first-order chi connectivity index (χ1) is 14.1. The standard InChI is InChI=1S/C25H32N2O2/c1-17-10-12-26(13-11-17)15-18-14-21-22(20-7-3-2-6-19(18)20)16-27(25(21)29)23-8-4-5-9-24(23)28/h2-3,6-7,14,17,23-24,28H,4-5,8-13,15-16H2,1H3/t23-,24-/m0/s1. The predicted octanol–water partition coefficient (Wildman–Crippen LogP) is 4.33. The minimum absolute atomic E-state index is 0.0329. The van der Waals surface area contributed by atoms with Gasteiger partial charge in [0.05, 0.1) is 12.1 Å². The average Bonchev–Trinajstić information content (AvgIpc) is 3.07. The van der Waals surface area contributed by atoms with Gasteiger partial charge in [0.15, 0.2) is 0 Å². The lowest BCUT2D eigenvalue weighted by Crippen LogP contribution is -2.45. The highest BCUT2D eigenvalue weighted by Crippen LogP contribution is 2.37. The molecular weight excluding hydrogens is 360 g/mol. The smallest absolute Gasteiger partial charge is 0.254 e. The highest BCUT2D eigenvalue weighted by Gasteiger charge is 2.38. The van der Waals surface area contributed by atoms with Crippen molar-refractivity contribution in [3.8, 4) is 0 Å². The number of amides is 1. The van der Waals surface area contributed by atoms with E-state index >= 15 is 0 Å². The maximum absolute atomic E-state index is 13.4. The molecule has 1 N–H and O–H groups in total. The molecule has 5 rings (SSSR count). The number of likely N-dealkylation sites (tertiary alicyclic amines) is 1. The second-order valence-electron chi connectivity index (χ2n) is 9.42. The Balaban J connectivity index is 1.49. The molecule has 1 saturated heterocycles. The van der Waals surface area contributed by atoms with E-state index in [0.717, 1.165) is 62.4 Å². The van der Waals surface area contributed by atoms with E-state index in [4.69, 9.17) is 0 Å². The number of nitrogens with zero attached hydrogens (tertiary/aromatic N) is 2. The number of piperidine rings is 1. The quantitative estimate of drug-likeness (QED) is 0.845. The molecule has 4 nitrogen and oxygen atoms in total. The van der Waals surface area contributed by atoms with E-state index in [2.05, 4.69) is 42.2 Å². The predicted molar refractivity (Wildman–Crippen MR) is 116 cm³/mol. The van der Waals surface area contributed by atoms with Gasteiger partial charge >= 0.3 is 0 Å². The Labute approximate surface area is 173 Å². The van der Waals surface area contributed by atoms with Crippen molar-refractivity contribution < 1.29 is 9.90 Å². The van der Waals surface area contributed by atoms with E-state index in [1.807, 2.05) is 4.90 Å². The number of aliphatic hydroxyl groups is 1. The van der Waals surface area contributed by atoms with Crippen LogP contribution in [0.2, 0.25) is 0 Å². The Bertz CT molecular complexity index is 916. The molecule has 1 aliphatic carbocycles. The largest absolute Gasteiger partial charge is 0.391 e. The van der Waals surface area contributed by atoms with Crippen molar-refractivity contribution in [2.45, 2.75) is 70.7 Å². The summed E-state index contributed by atoms with van der Waals surface area (Å²) in [6.45, 7) is 6.18. The van der Waals surface area contributed by atoms with Crippen LogP contribution in [-0.2, 0) is 13.1 Å². The average molecular weight is 393 g/mol. The van der Waals surface area contributed by atoms with Crippen molar-refractivity contribution in [1.82, 2.24) is 9.80 Å². The van der Waals surface area contributed by atoms with Crippen LogP contribution in [0.4, 0.5) is 0 Å². The topological polar surface area (TPSA) is 43.8 Å². The molecule has 154 valence electrons. The van der Waals surface area contributed by atoms with Gasteiger partial charge < -0.3 is 10.0 Å². The van der Waals surface area contributed by atoms with Gasteiger partial charge in [0.1, 0.15) is 0 Å². The van der Waals surface area contributed by atoms with Crippen molar-refractivity contribution in [2.75, 3.05) is 13.1 Å². The van der Waals surface area contributed by atoms with E-state index in [9.17, 15) is 9.90 Å². The monoisotopic (exact) mass is 392 g/mol. The Morgan fingerprint density at radius 2 is 1.76 bits per heavy atom. The number of hydrogen-bond donors (Lipinski definition) is 1. The van der Waals surface area contributed by atoms with Crippen LogP contribution in [0.5, 0.6) is 0 Å². The number of benzene rings is 2. The zero-order valence-corrected chi connectivity index (χ0v) is 17.4. The van der Waals surface area contributed by atoms with Crippen LogP contribution in [0.25, 0.3) is 10.8 Å². The normalized spacial score (nSPS) is 26.3. The summed E-state index contributed by atoms with van der Waals surface area (Å²) >= 11 is 0. The summed E-state index contributed by atoms with van der Waals surface area (Å²) in [5.41, 5.74) is 3.29. The van der Waals surface area contributed by atoms with E-state index < -0.39 is 0 Å². The van der Waals surface area contributed by atoms with Gasteiger partial charge in [-0.3, -0.25) is 9.69 Å². The molecule has 2 fully saturated rings. The third kappa shape index (κ3) is 3.47. The van der Waals surface area contributed by atoms with Crippen LogP contribution < -0.4 is 0 Å². The first kappa shape index (κ1) is 19.1. The van der Waals surface area contributed by atoms with Gasteiger partial charge in [-0.05, 0) is 72.7 Å². The van der Waals surface area contributed by atoms with Crippen molar-refractivity contribution in [2.24, 2.45) is 5.92 Å². The Morgan fingerprint density at radius 1 is 1.03 bits per heavy atom. The van der Waals surface area contributed by atoms with Gasteiger partial charge in [-0.25, -0.2) is 0 Å². The van der Waals surface area contributed by atoms with Gasteiger partial charge in [-0.15, -0.1) is 0 Å². The molecule has 2 heterocycles. The molecular formula is C25H32N2O2. The molecule has 1 saturated carbocycles. The molecule has 0 radical (unpaired) electrons. The maximum Gasteiger partial charge on any atom is 0.254 e. The number of aliphatic hydroxyl groups excluding tert-OH is 1. The number of carbonyl (C=O) groups excluding carboxylic acids is 1. The molecule has 0 unspecified atom stereocenters. The highest BCUT2D eigenvalue weighted by molar-refractivity contribution is 6.05. The van der Waals surface area contributed by atoms with E-state index in [1.54, 1.807) is 0 Å². The Kier molecular flexibility index (Phi) is 5.09. The first-order valence-corrected chi connectivity index (χ1v) is 11.4. The summed E-state index contributed by atoms with van der Waals surface area (Å²) < 4.78 is 0. The zero-order valence-electron chi connectivity index (χ0n) is 17.4. The van der Waals surface area contributed by atoms with Crippen molar-refractivity contribution >= 4 is 16.7 Å². The van der Waals surface area contributed by atoms with Crippen LogP contribution in [0.3, 0.4) is 0 Å². The number of carbonyl (C=O) groups is 1. The van der Waals surface area contributed by atoms with Gasteiger partial charge in [0, 0.05) is 18.7 Å².